The number of tetrazole rings is 1. The first-order chi connectivity index (χ1) is 10.6. The van der Waals surface area contributed by atoms with Crippen LogP contribution in [0.1, 0.15) is 5.56 Å². The summed E-state index contributed by atoms with van der Waals surface area (Å²) in [6.07, 6.45) is 0. The van der Waals surface area contributed by atoms with Gasteiger partial charge in [0.05, 0.1) is 7.05 Å². The summed E-state index contributed by atoms with van der Waals surface area (Å²) < 4.78 is 15.5. The Kier molecular flexibility index (Phi) is 4.12. The van der Waals surface area contributed by atoms with Gasteiger partial charge in [-0.15, -0.1) is 20.7 Å². The van der Waals surface area contributed by atoms with Crippen molar-refractivity contribution in [2.24, 2.45) is 0 Å². The molecule has 2 aromatic heterocycles. The first-order valence-electron chi connectivity index (χ1n) is 6.76. The van der Waals surface area contributed by atoms with E-state index in [4.69, 9.17) is 0 Å². The van der Waals surface area contributed by atoms with Gasteiger partial charge in [-0.2, -0.15) is 0 Å². The van der Waals surface area contributed by atoms with Gasteiger partial charge in [-0.3, -0.25) is 0 Å². The minimum atomic E-state index is -0.263. The van der Waals surface area contributed by atoms with Crippen molar-refractivity contribution in [3.8, 4) is 5.00 Å². The Morgan fingerprint density at radius 3 is 2.68 bits per heavy atom. The van der Waals surface area contributed by atoms with E-state index in [1.807, 2.05) is 24.6 Å². The van der Waals surface area contributed by atoms with E-state index < -0.39 is 0 Å². The molecule has 2 heterocycles. The smallest absolute Gasteiger partial charge is 0.315 e. The van der Waals surface area contributed by atoms with Crippen molar-refractivity contribution in [2.45, 2.75) is 13.2 Å². The third kappa shape index (κ3) is 3.12. The summed E-state index contributed by atoms with van der Waals surface area (Å²) >= 11 is 1.43. The zero-order valence-corrected chi connectivity index (χ0v) is 12.8. The standard InChI is InChI=1S/C14H14FN5OS/c1-18(9-11-4-6-12(15)7-5-11)10-19-14(21)20(17-16-19)13-3-2-8-22-13/h2-8H,9-10H2,1H3/p+1. The molecule has 3 rings (SSSR count). The van der Waals surface area contributed by atoms with Gasteiger partial charge < -0.3 is 4.90 Å². The van der Waals surface area contributed by atoms with E-state index in [2.05, 4.69) is 10.4 Å². The van der Waals surface area contributed by atoms with Crippen LogP contribution in [-0.2, 0) is 13.2 Å². The highest BCUT2D eigenvalue weighted by atomic mass is 32.1. The van der Waals surface area contributed by atoms with Crippen molar-refractivity contribution in [3.05, 3.63) is 63.6 Å². The molecule has 1 atom stereocenters. The molecular formula is C14H15FN5OS+. The van der Waals surface area contributed by atoms with Crippen LogP contribution in [0.3, 0.4) is 0 Å². The fourth-order valence-corrected chi connectivity index (χ4v) is 2.83. The second-order valence-electron chi connectivity index (χ2n) is 5.04. The maximum atomic E-state index is 12.9. The quantitative estimate of drug-likeness (QED) is 0.736. The monoisotopic (exact) mass is 320 g/mol. The lowest BCUT2D eigenvalue weighted by atomic mass is 10.2. The van der Waals surface area contributed by atoms with Crippen molar-refractivity contribution >= 4 is 11.3 Å². The molecule has 3 aromatic rings. The summed E-state index contributed by atoms with van der Waals surface area (Å²) in [6, 6.07) is 10.0. The van der Waals surface area contributed by atoms with Crippen LogP contribution in [0.4, 0.5) is 4.39 Å². The summed E-state index contributed by atoms with van der Waals surface area (Å²) in [5.41, 5.74) is 0.735. The van der Waals surface area contributed by atoms with E-state index in [0.717, 1.165) is 15.5 Å². The maximum absolute atomic E-state index is 12.9. The molecule has 0 amide bonds. The zero-order chi connectivity index (χ0) is 15.5. The molecule has 0 saturated heterocycles. The minimum absolute atomic E-state index is 0.253. The average molecular weight is 320 g/mol. The molecule has 0 aliphatic heterocycles. The molecule has 1 N–H and O–H groups in total. The zero-order valence-electron chi connectivity index (χ0n) is 11.9. The predicted octanol–water partition coefficient (Wildman–Crippen LogP) is 0.302. The molecule has 8 heteroatoms. The number of nitrogens with zero attached hydrogens (tertiary/aromatic N) is 4. The molecule has 114 valence electrons. The normalized spacial score (nSPS) is 12.5. The fourth-order valence-electron chi connectivity index (χ4n) is 2.16. The average Bonchev–Trinajstić information content (AvgIpc) is 3.12. The number of quaternary nitrogens is 1. The van der Waals surface area contributed by atoms with Crippen LogP contribution < -0.4 is 10.6 Å². The third-order valence-electron chi connectivity index (χ3n) is 3.19. The molecule has 0 aliphatic rings. The predicted molar refractivity (Wildman–Crippen MR) is 80.5 cm³/mol. The summed E-state index contributed by atoms with van der Waals surface area (Å²) in [4.78, 5) is 13.3. The molecule has 6 nitrogen and oxygen atoms in total. The number of rotatable bonds is 5. The molecule has 1 aromatic carbocycles. The highest BCUT2D eigenvalue weighted by Gasteiger charge is 2.13. The van der Waals surface area contributed by atoms with Crippen LogP contribution in [0.25, 0.3) is 5.00 Å². The van der Waals surface area contributed by atoms with Crippen molar-refractivity contribution in [1.82, 2.24) is 19.8 Å². The van der Waals surface area contributed by atoms with E-state index in [1.165, 1.54) is 32.8 Å². The Morgan fingerprint density at radius 2 is 2.00 bits per heavy atom. The molecule has 0 radical (unpaired) electrons. The van der Waals surface area contributed by atoms with Crippen LogP contribution in [0, 0.1) is 5.82 Å². The summed E-state index contributed by atoms with van der Waals surface area (Å²) in [5.74, 6) is -0.253. The number of benzene rings is 1. The van der Waals surface area contributed by atoms with Gasteiger partial charge in [0, 0.05) is 5.56 Å². The van der Waals surface area contributed by atoms with Crippen molar-refractivity contribution < 1.29 is 9.29 Å². The molecule has 0 saturated carbocycles. The molecule has 22 heavy (non-hydrogen) atoms. The van der Waals surface area contributed by atoms with Gasteiger partial charge in [0.2, 0.25) is 0 Å². The van der Waals surface area contributed by atoms with Gasteiger partial charge in [-0.1, -0.05) is 12.1 Å². The van der Waals surface area contributed by atoms with E-state index >= 15 is 0 Å². The van der Waals surface area contributed by atoms with Gasteiger partial charge in [-0.05, 0) is 40.1 Å². The largest absolute Gasteiger partial charge is 0.374 e. The van der Waals surface area contributed by atoms with E-state index in [9.17, 15) is 9.18 Å². The summed E-state index contributed by atoms with van der Waals surface area (Å²) in [7, 11) is 1.94. The van der Waals surface area contributed by atoms with E-state index in [-0.39, 0.29) is 11.5 Å². The Morgan fingerprint density at radius 1 is 1.23 bits per heavy atom. The number of aromatic nitrogens is 4. The van der Waals surface area contributed by atoms with Crippen LogP contribution in [0.15, 0.2) is 46.6 Å². The molecular weight excluding hydrogens is 305 g/mol. The second-order valence-corrected chi connectivity index (χ2v) is 5.97. The Labute approximate surface area is 130 Å². The van der Waals surface area contributed by atoms with Gasteiger partial charge in [0.25, 0.3) is 0 Å². The van der Waals surface area contributed by atoms with Gasteiger partial charge >= 0.3 is 5.69 Å². The Balaban J connectivity index is 1.71. The van der Waals surface area contributed by atoms with Crippen LogP contribution >= 0.6 is 11.3 Å². The van der Waals surface area contributed by atoms with Crippen LogP contribution in [-0.4, -0.2) is 26.8 Å². The van der Waals surface area contributed by atoms with E-state index in [1.54, 1.807) is 12.1 Å². The summed E-state index contributed by atoms with van der Waals surface area (Å²) in [6.45, 7) is 1.06. The SMILES string of the molecule is C[NH+](Cc1ccc(F)cc1)Cn1nnn(-c2cccs2)c1=O. The van der Waals surface area contributed by atoms with Crippen LogP contribution in [0.2, 0.25) is 0 Å². The Bertz CT molecular complexity index is 794. The van der Waals surface area contributed by atoms with Gasteiger partial charge in [0.15, 0.2) is 6.67 Å². The number of hydrogen-bond donors (Lipinski definition) is 1. The van der Waals surface area contributed by atoms with Gasteiger partial charge in [-0.25, -0.2) is 9.18 Å². The molecule has 0 fully saturated rings. The number of nitrogens with one attached hydrogen (secondary N) is 1. The van der Waals surface area contributed by atoms with Crippen molar-refractivity contribution in [3.63, 3.8) is 0 Å². The lowest BCUT2D eigenvalue weighted by molar-refractivity contribution is -0.917. The number of hydrogen-bond acceptors (Lipinski definition) is 4. The topological polar surface area (TPSA) is 57.2 Å². The van der Waals surface area contributed by atoms with Crippen molar-refractivity contribution in [1.29, 1.82) is 0 Å². The third-order valence-corrected chi connectivity index (χ3v) is 4.04. The minimum Gasteiger partial charge on any atom is -0.315 e. The molecule has 0 bridgehead atoms. The highest BCUT2D eigenvalue weighted by Crippen LogP contribution is 2.10. The molecule has 0 spiro atoms. The molecule has 0 aliphatic carbocycles. The lowest BCUT2D eigenvalue weighted by Crippen LogP contribution is -3.07. The van der Waals surface area contributed by atoms with E-state index in [0.29, 0.717) is 13.2 Å². The Hall–Kier alpha value is -2.32. The van der Waals surface area contributed by atoms with Gasteiger partial charge in [0.1, 0.15) is 17.4 Å². The number of thiophene rings is 1. The lowest BCUT2D eigenvalue weighted by Gasteiger charge is -2.12. The second kappa shape index (κ2) is 6.20. The van der Waals surface area contributed by atoms with Crippen LogP contribution in [0.5, 0.6) is 0 Å². The van der Waals surface area contributed by atoms with Crippen molar-refractivity contribution in [2.75, 3.05) is 7.05 Å². The highest BCUT2D eigenvalue weighted by molar-refractivity contribution is 7.12. The first-order valence-corrected chi connectivity index (χ1v) is 7.64. The first kappa shape index (κ1) is 14.6. The fraction of sp³-hybridized carbons (Fsp3) is 0.214. The summed E-state index contributed by atoms with van der Waals surface area (Å²) in [5, 5.41) is 10.4. The molecule has 1 unspecified atom stereocenters. The maximum Gasteiger partial charge on any atom is 0.374 e. The number of halogens is 1.